The van der Waals surface area contributed by atoms with E-state index in [-0.39, 0.29) is 31.1 Å². The summed E-state index contributed by atoms with van der Waals surface area (Å²) in [4.78, 5) is 39.0. The Morgan fingerprint density at radius 3 is 2.30 bits per heavy atom. The van der Waals surface area contributed by atoms with Crippen LogP contribution in [0.4, 0.5) is 4.79 Å². The smallest absolute Gasteiger partial charge is 0.407 e. The normalized spacial score (nSPS) is 11.9. The first-order valence-electron chi connectivity index (χ1n) is 9.01. The first-order valence-corrected chi connectivity index (χ1v) is 9.01. The van der Waals surface area contributed by atoms with E-state index in [9.17, 15) is 14.4 Å². The fourth-order valence-corrected chi connectivity index (χ4v) is 1.63. The first-order chi connectivity index (χ1) is 12.4. The summed E-state index contributed by atoms with van der Waals surface area (Å²) in [6, 6.07) is 0. The molecule has 2 N–H and O–H groups in total. The van der Waals surface area contributed by atoms with E-state index in [0.29, 0.717) is 19.4 Å². The van der Waals surface area contributed by atoms with Crippen LogP contribution in [0.5, 0.6) is 0 Å². The molecule has 0 radical (unpaired) electrons. The molecule has 0 aromatic carbocycles. The van der Waals surface area contributed by atoms with Crippen molar-refractivity contribution in [2.24, 2.45) is 5.16 Å². The number of nitrogens with zero attached hydrogens (tertiary/aromatic N) is 1. The van der Waals surface area contributed by atoms with Gasteiger partial charge in [-0.3, -0.25) is 9.59 Å². The van der Waals surface area contributed by atoms with Gasteiger partial charge in [-0.1, -0.05) is 12.1 Å². The average molecular weight is 387 g/mol. The highest BCUT2D eigenvalue weighted by molar-refractivity contribution is 6.26. The molecule has 156 valence electrons. The number of oxime groups is 1. The van der Waals surface area contributed by atoms with Crippen LogP contribution in [0, 0.1) is 0 Å². The Morgan fingerprint density at radius 1 is 1.04 bits per heavy atom. The van der Waals surface area contributed by atoms with Crippen LogP contribution in [-0.4, -0.2) is 61.5 Å². The molecule has 0 saturated heterocycles. The Bertz CT molecular complexity index is 512. The number of nitrogens with one attached hydrogen (secondary N) is 2. The number of hydrogen-bond donors (Lipinski definition) is 2. The molecule has 0 aromatic heterocycles. The number of Topliss-reactive ketones (excluding diaryl/α,β-unsaturated/α-hetero) is 1. The second-order valence-electron chi connectivity index (χ2n) is 7.46. The molecule has 0 aliphatic heterocycles. The van der Waals surface area contributed by atoms with Crippen molar-refractivity contribution >= 4 is 24.0 Å². The number of ether oxygens (including phenoxy) is 2. The summed E-state index contributed by atoms with van der Waals surface area (Å²) in [5, 5.41) is 8.36. The van der Waals surface area contributed by atoms with Crippen molar-refractivity contribution in [1.82, 2.24) is 10.6 Å². The van der Waals surface area contributed by atoms with Gasteiger partial charge in [0.25, 0.3) is 5.91 Å². The topological polar surface area (TPSA) is 115 Å². The molecule has 0 saturated carbocycles. The molecule has 0 aromatic rings. The number of amides is 2. The van der Waals surface area contributed by atoms with Gasteiger partial charge >= 0.3 is 6.09 Å². The van der Waals surface area contributed by atoms with E-state index < -0.39 is 17.6 Å². The summed E-state index contributed by atoms with van der Waals surface area (Å²) in [7, 11) is 0. The van der Waals surface area contributed by atoms with Gasteiger partial charge in [0.1, 0.15) is 18.4 Å². The van der Waals surface area contributed by atoms with E-state index in [1.54, 1.807) is 20.8 Å². The molecular formula is C18H33N3O6. The van der Waals surface area contributed by atoms with E-state index in [1.807, 2.05) is 20.8 Å². The molecule has 27 heavy (non-hydrogen) atoms. The van der Waals surface area contributed by atoms with Gasteiger partial charge in [-0.05, 0) is 34.6 Å². The number of carbonyl (C=O) groups excluding carboxylic acids is 3. The molecule has 0 fully saturated rings. The van der Waals surface area contributed by atoms with Crippen molar-refractivity contribution < 1.29 is 28.7 Å². The summed E-state index contributed by atoms with van der Waals surface area (Å²) in [5.74, 6) is -0.600. The van der Waals surface area contributed by atoms with Crippen LogP contribution < -0.4 is 10.6 Å². The van der Waals surface area contributed by atoms with Crippen LogP contribution in [0.3, 0.4) is 0 Å². The van der Waals surface area contributed by atoms with Crippen molar-refractivity contribution in [3.05, 3.63) is 0 Å². The zero-order valence-corrected chi connectivity index (χ0v) is 17.2. The number of rotatable bonds is 12. The maximum absolute atomic E-state index is 11.8. The Balaban J connectivity index is 3.88. The summed E-state index contributed by atoms with van der Waals surface area (Å²) in [6.07, 6.45) is 1.28. The Morgan fingerprint density at radius 2 is 1.70 bits per heavy atom. The average Bonchev–Trinajstić information content (AvgIpc) is 2.53. The van der Waals surface area contributed by atoms with Crippen LogP contribution in [0.2, 0.25) is 0 Å². The van der Waals surface area contributed by atoms with Crippen molar-refractivity contribution in [3.63, 3.8) is 0 Å². The minimum atomic E-state index is -0.664. The highest BCUT2D eigenvalue weighted by Gasteiger charge is 2.23. The van der Waals surface area contributed by atoms with Crippen molar-refractivity contribution in [1.29, 1.82) is 0 Å². The third kappa shape index (κ3) is 15.8. The maximum Gasteiger partial charge on any atom is 0.407 e. The van der Waals surface area contributed by atoms with Crippen molar-refractivity contribution in [2.75, 3.05) is 26.3 Å². The van der Waals surface area contributed by atoms with Gasteiger partial charge in [-0.25, -0.2) is 4.79 Å². The second kappa shape index (κ2) is 12.3. The van der Waals surface area contributed by atoms with Gasteiger partial charge in [-0.2, -0.15) is 0 Å². The highest BCUT2D eigenvalue weighted by Crippen LogP contribution is 2.17. The Hall–Kier alpha value is -2.16. The lowest BCUT2D eigenvalue weighted by Gasteiger charge is -2.27. The standard InChI is InChI=1S/C18H33N3O6/c1-7-14(22)12-20-15(23)13-21-26-11-9-19-16(24)27-18(5,6)8-10-25-17(2,3)4/h13H,7-12H2,1-6H3,(H,19,24)(H,20,23). The molecule has 2 amide bonds. The molecule has 0 bridgehead atoms. The summed E-state index contributed by atoms with van der Waals surface area (Å²) in [6.45, 7) is 11.9. The van der Waals surface area contributed by atoms with Gasteiger partial charge in [0.15, 0.2) is 5.78 Å². The fourth-order valence-electron chi connectivity index (χ4n) is 1.63. The van der Waals surface area contributed by atoms with E-state index in [4.69, 9.17) is 14.3 Å². The predicted octanol–water partition coefficient (Wildman–Crippen LogP) is 1.79. The molecule has 0 aliphatic carbocycles. The van der Waals surface area contributed by atoms with Crippen LogP contribution in [0.15, 0.2) is 5.16 Å². The molecule has 9 nitrogen and oxygen atoms in total. The molecule has 0 unspecified atom stereocenters. The fraction of sp³-hybridized carbons (Fsp3) is 0.778. The molecule has 9 heteroatoms. The molecule has 0 rings (SSSR count). The largest absolute Gasteiger partial charge is 0.443 e. The zero-order valence-electron chi connectivity index (χ0n) is 17.2. The molecular weight excluding hydrogens is 354 g/mol. The van der Waals surface area contributed by atoms with Gasteiger partial charge in [-0.15, -0.1) is 0 Å². The Labute approximate surface area is 161 Å². The minimum absolute atomic E-state index is 0.0364. The predicted molar refractivity (Wildman–Crippen MR) is 102 cm³/mol. The van der Waals surface area contributed by atoms with Gasteiger partial charge in [0.05, 0.1) is 25.3 Å². The first kappa shape index (κ1) is 24.8. The molecule has 0 aliphatic rings. The minimum Gasteiger partial charge on any atom is -0.443 e. The summed E-state index contributed by atoms with van der Waals surface area (Å²) < 4.78 is 11.0. The van der Waals surface area contributed by atoms with Crippen molar-refractivity contribution in [2.45, 2.75) is 65.6 Å². The number of hydrogen-bond acceptors (Lipinski definition) is 7. The molecule has 0 atom stereocenters. The maximum atomic E-state index is 11.8. The van der Waals surface area contributed by atoms with Crippen LogP contribution >= 0.6 is 0 Å². The van der Waals surface area contributed by atoms with E-state index in [1.165, 1.54) is 0 Å². The zero-order chi connectivity index (χ0) is 20.9. The van der Waals surface area contributed by atoms with Crippen molar-refractivity contribution in [3.8, 4) is 0 Å². The summed E-state index contributed by atoms with van der Waals surface area (Å²) >= 11 is 0. The second-order valence-corrected chi connectivity index (χ2v) is 7.46. The van der Waals surface area contributed by atoms with Gasteiger partial charge in [0, 0.05) is 12.8 Å². The quantitative estimate of drug-likeness (QED) is 0.300. The van der Waals surface area contributed by atoms with Gasteiger partial charge < -0.3 is 24.9 Å². The highest BCUT2D eigenvalue weighted by atomic mass is 16.6. The van der Waals surface area contributed by atoms with E-state index in [0.717, 1.165) is 6.21 Å². The number of alkyl carbamates (subject to hydrolysis) is 1. The lowest BCUT2D eigenvalue weighted by Crippen LogP contribution is -2.37. The number of ketones is 1. The molecule has 0 spiro atoms. The van der Waals surface area contributed by atoms with Gasteiger partial charge in [0.2, 0.25) is 0 Å². The monoisotopic (exact) mass is 387 g/mol. The van der Waals surface area contributed by atoms with Crippen LogP contribution in [0.1, 0.15) is 54.4 Å². The molecule has 0 heterocycles. The lowest BCUT2D eigenvalue weighted by atomic mass is 10.1. The lowest BCUT2D eigenvalue weighted by molar-refractivity contribution is -0.121. The summed E-state index contributed by atoms with van der Waals surface area (Å²) in [5.41, 5.74) is -0.902. The van der Waals surface area contributed by atoms with E-state index in [2.05, 4.69) is 15.8 Å². The SMILES string of the molecule is CCC(=O)CNC(=O)C=NOCCNC(=O)OC(C)(C)CCOC(C)(C)C. The van der Waals surface area contributed by atoms with Crippen LogP contribution in [-0.2, 0) is 23.9 Å². The van der Waals surface area contributed by atoms with Crippen LogP contribution in [0.25, 0.3) is 0 Å². The third-order valence-corrected chi connectivity index (χ3v) is 3.17. The third-order valence-electron chi connectivity index (χ3n) is 3.17. The van der Waals surface area contributed by atoms with E-state index >= 15 is 0 Å². The number of carbonyl (C=O) groups is 3. The Kier molecular flexibility index (Phi) is 11.3.